The zero-order valence-electron chi connectivity index (χ0n) is 10.7. The number of benzene rings is 2. The third-order valence-electron chi connectivity index (χ3n) is 2.80. The summed E-state index contributed by atoms with van der Waals surface area (Å²) < 4.78 is 19.4. The maximum absolute atomic E-state index is 13.7. The van der Waals surface area contributed by atoms with Crippen molar-refractivity contribution in [3.63, 3.8) is 0 Å². The van der Waals surface area contributed by atoms with E-state index in [1.165, 1.54) is 19.1 Å². The van der Waals surface area contributed by atoms with Crippen LogP contribution in [0, 0.1) is 12.7 Å². The molecular weight excluding hydrogens is 267 g/mol. The predicted molar refractivity (Wildman–Crippen MR) is 73.3 cm³/mol. The van der Waals surface area contributed by atoms with E-state index in [1.807, 2.05) is 13.0 Å². The quantitative estimate of drug-likeness (QED) is 0.888. The van der Waals surface area contributed by atoms with Crippen molar-refractivity contribution in [2.75, 3.05) is 0 Å². The third-order valence-corrected chi connectivity index (χ3v) is 3.04. The first-order valence-electron chi connectivity index (χ1n) is 5.89. The van der Waals surface area contributed by atoms with Gasteiger partial charge in [-0.05, 0) is 43.7 Å². The van der Waals surface area contributed by atoms with Gasteiger partial charge in [-0.25, -0.2) is 4.39 Å². The Bertz CT molecular complexity index is 597. The van der Waals surface area contributed by atoms with Gasteiger partial charge in [0.05, 0.1) is 11.7 Å². The smallest absolute Gasteiger partial charge is 0.136 e. The second kappa shape index (κ2) is 5.59. The Labute approximate surface area is 116 Å². The maximum atomic E-state index is 13.7. The highest BCUT2D eigenvalue weighted by molar-refractivity contribution is 6.30. The van der Waals surface area contributed by atoms with Crippen molar-refractivity contribution in [1.29, 1.82) is 0 Å². The molecule has 0 saturated heterocycles. The molecule has 1 atom stereocenters. The first kappa shape index (κ1) is 13.8. The molecule has 0 amide bonds. The lowest BCUT2D eigenvalue weighted by atomic mass is 10.1. The fourth-order valence-corrected chi connectivity index (χ4v) is 1.98. The molecule has 2 aromatic carbocycles. The number of hydrogen-bond donors (Lipinski definition) is 1. The molecule has 1 N–H and O–H groups in total. The van der Waals surface area contributed by atoms with Crippen LogP contribution in [0.5, 0.6) is 11.5 Å². The summed E-state index contributed by atoms with van der Waals surface area (Å²) in [6, 6.07) is 9.68. The van der Waals surface area contributed by atoms with Gasteiger partial charge in [-0.3, -0.25) is 0 Å². The summed E-state index contributed by atoms with van der Waals surface area (Å²) in [7, 11) is 0. The topological polar surface area (TPSA) is 29.5 Å². The lowest BCUT2D eigenvalue weighted by Crippen LogP contribution is -2.00. The van der Waals surface area contributed by atoms with Crippen LogP contribution in [0.25, 0.3) is 0 Å². The molecule has 4 heteroatoms. The van der Waals surface area contributed by atoms with E-state index in [9.17, 15) is 9.50 Å². The van der Waals surface area contributed by atoms with Crippen LogP contribution >= 0.6 is 11.6 Å². The zero-order valence-corrected chi connectivity index (χ0v) is 11.4. The van der Waals surface area contributed by atoms with Crippen LogP contribution in [-0.4, -0.2) is 5.11 Å². The Morgan fingerprint density at radius 2 is 1.95 bits per heavy atom. The number of aryl methyl sites for hydroxylation is 1. The molecule has 19 heavy (non-hydrogen) atoms. The summed E-state index contributed by atoms with van der Waals surface area (Å²) in [4.78, 5) is 0. The first-order valence-corrected chi connectivity index (χ1v) is 6.27. The Morgan fingerprint density at radius 3 is 2.63 bits per heavy atom. The van der Waals surface area contributed by atoms with Crippen molar-refractivity contribution < 1.29 is 14.2 Å². The van der Waals surface area contributed by atoms with Crippen molar-refractivity contribution in [2.24, 2.45) is 0 Å². The average Bonchev–Trinajstić information content (AvgIpc) is 2.33. The van der Waals surface area contributed by atoms with Crippen LogP contribution in [0.15, 0.2) is 36.4 Å². The molecule has 0 aliphatic rings. The molecule has 0 saturated carbocycles. The molecule has 0 aliphatic carbocycles. The number of hydrogen-bond acceptors (Lipinski definition) is 2. The van der Waals surface area contributed by atoms with Gasteiger partial charge in [0.1, 0.15) is 17.3 Å². The van der Waals surface area contributed by atoms with Gasteiger partial charge in [-0.15, -0.1) is 0 Å². The van der Waals surface area contributed by atoms with Gasteiger partial charge >= 0.3 is 0 Å². The number of aliphatic hydroxyl groups is 1. The van der Waals surface area contributed by atoms with Crippen LogP contribution in [0.3, 0.4) is 0 Å². The SMILES string of the molecule is Cc1ccc(Cl)cc1Oc1cccc(F)c1C(C)O. The summed E-state index contributed by atoms with van der Waals surface area (Å²) >= 11 is 5.91. The molecule has 0 spiro atoms. The number of aliphatic hydroxyl groups excluding tert-OH is 1. The summed E-state index contributed by atoms with van der Waals surface area (Å²) in [6.07, 6.45) is -0.948. The van der Waals surface area contributed by atoms with Crippen LogP contribution in [0.4, 0.5) is 4.39 Å². The van der Waals surface area contributed by atoms with E-state index in [2.05, 4.69) is 0 Å². The number of halogens is 2. The van der Waals surface area contributed by atoms with Crippen LogP contribution < -0.4 is 4.74 Å². The lowest BCUT2D eigenvalue weighted by molar-refractivity contribution is 0.190. The van der Waals surface area contributed by atoms with Crippen LogP contribution in [0.1, 0.15) is 24.2 Å². The van der Waals surface area contributed by atoms with E-state index in [1.54, 1.807) is 18.2 Å². The molecule has 1 unspecified atom stereocenters. The molecule has 2 nitrogen and oxygen atoms in total. The summed E-state index contributed by atoms with van der Waals surface area (Å²) in [5.74, 6) is 0.340. The third kappa shape index (κ3) is 3.06. The van der Waals surface area contributed by atoms with Crippen molar-refractivity contribution in [1.82, 2.24) is 0 Å². The highest BCUT2D eigenvalue weighted by atomic mass is 35.5. The molecule has 0 bridgehead atoms. The van der Waals surface area contributed by atoms with Crippen LogP contribution in [0.2, 0.25) is 5.02 Å². The normalized spacial score (nSPS) is 12.3. The second-order valence-electron chi connectivity index (χ2n) is 4.34. The molecule has 0 aromatic heterocycles. The maximum Gasteiger partial charge on any atom is 0.136 e. The van der Waals surface area contributed by atoms with E-state index < -0.39 is 11.9 Å². The van der Waals surface area contributed by atoms with Crippen molar-refractivity contribution in [3.05, 3.63) is 58.4 Å². The summed E-state index contributed by atoms with van der Waals surface area (Å²) in [5, 5.41) is 10.2. The fourth-order valence-electron chi connectivity index (χ4n) is 1.81. The first-order chi connectivity index (χ1) is 8.99. The molecule has 0 fully saturated rings. The Hall–Kier alpha value is -1.58. The fraction of sp³-hybridized carbons (Fsp3) is 0.200. The van der Waals surface area contributed by atoms with Gasteiger partial charge in [-0.2, -0.15) is 0 Å². The minimum atomic E-state index is -0.948. The Balaban J connectivity index is 2.44. The van der Waals surface area contributed by atoms with Crippen molar-refractivity contribution >= 4 is 11.6 Å². The number of rotatable bonds is 3. The zero-order chi connectivity index (χ0) is 14.0. The molecular formula is C15H14ClFO2. The number of ether oxygens (including phenoxy) is 1. The molecule has 2 rings (SSSR count). The predicted octanol–water partition coefficient (Wildman–Crippen LogP) is 4.63. The van der Waals surface area contributed by atoms with Gasteiger partial charge in [0, 0.05) is 5.02 Å². The monoisotopic (exact) mass is 280 g/mol. The lowest BCUT2D eigenvalue weighted by Gasteiger charge is -2.15. The van der Waals surface area contributed by atoms with E-state index in [-0.39, 0.29) is 5.56 Å². The minimum Gasteiger partial charge on any atom is -0.457 e. The molecule has 100 valence electrons. The van der Waals surface area contributed by atoms with Crippen LogP contribution in [-0.2, 0) is 0 Å². The largest absolute Gasteiger partial charge is 0.457 e. The van der Waals surface area contributed by atoms with E-state index in [0.717, 1.165) is 5.56 Å². The Kier molecular flexibility index (Phi) is 4.08. The summed E-state index contributed by atoms with van der Waals surface area (Å²) in [5.41, 5.74) is 1.02. The minimum absolute atomic E-state index is 0.141. The van der Waals surface area contributed by atoms with Crippen molar-refractivity contribution in [3.8, 4) is 11.5 Å². The van der Waals surface area contributed by atoms with Gasteiger partial charge in [-0.1, -0.05) is 23.7 Å². The van der Waals surface area contributed by atoms with Gasteiger partial charge in [0.2, 0.25) is 0 Å². The standard InChI is InChI=1S/C15H14ClFO2/c1-9-6-7-11(16)8-14(9)19-13-5-3-4-12(17)15(13)10(2)18/h3-8,10,18H,1-2H3. The van der Waals surface area contributed by atoms with Gasteiger partial charge < -0.3 is 9.84 Å². The Morgan fingerprint density at radius 1 is 1.21 bits per heavy atom. The molecule has 0 heterocycles. The molecule has 0 aliphatic heterocycles. The highest BCUT2D eigenvalue weighted by Crippen LogP contribution is 2.34. The molecule has 0 radical (unpaired) electrons. The molecule has 2 aromatic rings. The van der Waals surface area contributed by atoms with Crippen molar-refractivity contribution in [2.45, 2.75) is 20.0 Å². The van der Waals surface area contributed by atoms with E-state index in [0.29, 0.717) is 16.5 Å². The van der Waals surface area contributed by atoms with E-state index >= 15 is 0 Å². The summed E-state index contributed by atoms with van der Waals surface area (Å²) in [6.45, 7) is 3.36. The second-order valence-corrected chi connectivity index (χ2v) is 4.78. The van der Waals surface area contributed by atoms with E-state index in [4.69, 9.17) is 16.3 Å². The van der Waals surface area contributed by atoms with Gasteiger partial charge in [0.15, 0.2) is 0 Å². The average molecular weight is 281 g/mol. The van der Waals surface area contributed by atoms with Gasteiger partial charge in [0.25, 0.3) is 0 Å². The highest BCUT2D eigenvalue weighted by Gasteiger charge is 2.15.